The fourth-order valence-electron chi connectivity index (χ4n) is 3.63. The van der Waals surface area contributed by atoms with E-state index < -0.39 is 0 Å². The van der Waals surface area contributed by atoms with Gasteiger partial charge in [-0.3, -0.25) is 9.88 Å². The summed E-state index contributed by atoms with van der Waals surface area (Å²) in [4.78, 5) is 19.2. The van der Waals surface area contributed by atoms with Gasteiger partial charge in [-0.25, -0.2) is 4.79 Å². The van der Waals surface area contributed by atoms with Gasteiger partial charge in [0.1, 0.15) is 0 Å². The molecule has 28 heavy (non-hydrogen) atoms. The molecule has 0 bridgehead atoms. The highest BCUT2D eigenvalue weighted by atomic mass is 35.5. The number of halogens is 1. The number of carbonyl (C=O) groups is 1. The molecule has 2 amide bonds. The Kier molecular flexibility index (Phi) is 6.85. The molecule has 0 aliphatic carbocycles. The van der Waals surface area contributed by atoms with Gasteiger partial charge in [-0.05, 0) is 30.5 Å². The van der Waals surface area contributed by atoms with E-state index in [2.05, 4.69) is 44.8 Å². The summed E-state index contributed by atoms with van der Waals surface area (Å²) in [5, 5.41) is 7.05. The number of piperidine rings is 1. The van der Waals surface area contributed by atoms with Crippen LogP contribution in [0.25, 0.3) is 10.9 Å². The topological polar surface area (TPSA) is 57.3 Å². The van der Waals surface area contributed by atoms with Crippen LogP contribution in [0.3, 0.4) is 0 Å². The van der Waals surface area contributed by atoms with Crippen molar-refractivity contribution < 1.29 is 4.79 Å². The van der Waals surface area contributed by atoms with Crippen LogP contribution < -0.4 is 10.6 Å². The first-order chi connectivity index (χ1) is 13.3. The summed E-state index contributed by atoms with van der Waals surface area (Å²) in [6.45, 7) is 2.97. The van der Waals surface area contributed by atoms with Crippen LogP contribution in [0.1, 0.15) is 18.4 Å². The first-order valence-corrected chi connectivity index (χ1v) is 9.45. The van der Waals surface area contributed by atoms with E-state index in [-0.39, 0.29) is 24.5 Å². The molecule has 0 spiro atoms. The number of pyridine rings is 1. The van der Waals surface area contributed by atoms with Gasteiger partial charge in [0.15, 0.2) is 0 Å². The molecule has 0 unspecified atom stereocenters. The van der Waals surface area contributed by atoms with Crippen LogP contribution in [-0.4, -0.2) is 35.0 Å². The van der Waals surface area contributed by atoms with Crippen molar-refractivity contribution in [3.8, 4) is 0 Å². The molecule has 1 fully saturated rings. The van der Waals surface area contributed by atoms with Gasteiger partial charge in [0.05, 0.1) is 11.2 Å². The minimum atomic E-state index is -0.145. The highest BCUT2D eigenvalue weighted by Gasteiger charge is 2.21. The number of urea groups is 1. The molecule has 1 aromatic heterocycles. The summed E-state index contributed by atoms with van der Waals surface area (Å²) in [7, 11) is 0. The Morgan fingerprint density at radius 2 is 1.71 bits per heavy atom. The van der Waals surface area contributed by atoms with Crippen LogP contribution in [-0.2, 0) is 6.54 Å². The molecule has 1 aliphatic rings. The summed E-state index contributed by atoms with van der Waals surface area (Å²) in [5.74, 6) is 0. The Morgan fingerprint density at radius 3 is 2.50 bits per heavy atom. The molecule has 6 heteroatoms. The Bertz CT molecular complexity index is 905. The number of anilines is 1. The van der Waals surface area contributed by atoms with Crippen LogP contribution >= 0.6 is 12.4 Å². The quantitative estimate of drug-likeness (QED) is 0.685. The monoisotopic (exact) mass is 396 g/mol. The van der Waals surface area contributed by atoms with Crippen molar-refractivity contribution in [2.75, 3.05) is 18.4 Å². The minimum Gasteiger partial charge on any atom is -0.335 e. The molecular formula is C22H25ClN4O. The third-order valence-corrected chi connectivity index (χ3v) is 5.07. The van der Waals surface area contributed by atoms with Gasteiger partial charge in [0.2, 0.25) is 0 Å². The Morgan fingerprint density at radius 1 is 1.00 bits per heavy atom. The molecule has 2 heterocycles. The number of para-hydroxylation sites is 1. The third kappa shape index (κ3) is 5.00. The second kappa shape index (κ2) is 9.53. The Hall–Kier alpha value is -2.63. The fraction of sp³-hybridized carbons (Fsp3) is 0.273. The normalized spacial score (nSPS) is 15.0. The van der Waals surface area contributed by atoms with Gasteiger partial charge >= 0.3 is 6.03 Å². The minimum absolute atomic E-state index is 0. The summed E-state index contributed by atoms with van der Waals surface area (Å²) in [6.07, 6.45) is 3.66. The largest absolute Gasteiger partial charge is 0.335 e. The van der Waals surface area contributed by atoms with Crippen LogP contribution in [0.4, 0.5) is 10.5 Å². The molecule has 146 valence electrons. The Balaban J connectivity index is 0.00000225. The number of rotatable bonds is 4. The van der Waals surface area contributed by atoms with Crippen LogP contribution in [0.5, 0.6) is 0 Å². The van der Waals surface area contributed by atoms with E-state index in [0.29, 0.717) is 0 Å². The highest BCUT2D eigenvalue weighted by molar-refractivity contribution is 6.00. The van der Waals surface area contributed by atoms with Crippen molar-refractivity contribution in [2.45, 2.75) is 25.4 Å². The molecule has 5 nitrogen and oxygen atoms in total. The lowest BCUT2D eigenvalue weighted by molar-refractivity contribution is 0.190. The van der Waals surface area contributed by atoms with Gasteiger partial charge in [-0.2, -0.15) is 0 Å². The third-order valence-electron chi connectivity index (χ3n) is 5.07. The fourth-order valence-corrected chi connectivity index (χ4v) is 3.63. The molecule has 1 aliphatic heterocycles. The first-order valence-electron chi connectivity index (χ1n) is 9.45. The van der Waals surface area contributed by atoms with Crippen molar-refractivity contribution >= 4 is 35.0 Å². The number of benzene rings is 2. The lowest BCUT2D eigenvalue weighted by atomic mass is 10.0. The molecule has 0 radical (unpaired) electrons. The van der Waals surface area contributed by atoms with Crippen molar-refractivity contribution in [3.63, 3.8) is 0 Å². The van der Waals surface area contributed by atoms with E-state index in [4.69, 9.17) is 0 Å². The molecule has 3 aromatic rings. The molecule has 4 rings (SSSR count). The van der Waals surface area contributed by atoms with E-state index >= 15 is 0 Å². The van der Waals surface area contributed by atoms with Gasteiger partial charge in [0.25, 0.3) is 0 Å². The zero-order valence-corrected chi connectivity index (χ0v) is 16.5. The predicted molar refractivity (Wildman–Crippen MR) is 116 cm³/mol. The summed E-state index contributed by atoms with van der Waals surface area (Å²) in [6, 6.07) is 20.3. The van der Waals surface area contributed by atoms with Crippen molar-refractivity contribution in [1.82, 2.24) is 15.2 Å². The molecule has 0 saturated carbocycles. The first kappa shape index (κ1) is 20.1. The van der Waals surface area contributed by atoms with Crippen LogP contribution in [0, 0.1) is 0 Å². The van der Waals surface area contributed by atoms with Gasteiger partial charge in [-0.1, -0.05) is 48.5 Å². The van der Waals surface area contributed by atoms with Crippen LogP contribution in [0.2, 0.25) is 0 Å². The number of aromatic nitrogens is 1. The summed E-state index contributed by atoms with van der Waals surface area (Å²) in [5.41, 5.74) is 3.01. The summed E-state index contributed by atoms with van der Waals surface area (Å²) < 4.78 is 0. The van der Waals surface area contributed by atoms with E-state index in [9.17, 15) is 4.79 Å². The standard InChI is InChI=1S/C22H24N4O.ClH/c27-22(25-21-10-13-23-20-9-5-4-8-19(20)21)24-18-11-14-26(15-12-18)16-17-6-2-1-3-7-17;/h1-10,13,18H,11-12,14-16H2,(H2,23,24,25,27);1H. The van der Waals surface area contributed by atoms with Gasteiger partial charge < -0.3 is 10.6 Å². The van der Waals surface area contributed by atoms with Gasteiger partial charge in [0, 0.05) is 37.3 Å². The van der Waals surface area contributed by atoms with E-state index in [1.165, 1.54) is 5.56 Å². The molecular weight excluding hydrogens is 372 g/mol. The maximum atomic E-state index is 12.4. The number of nitrogens with one attached hydrogen (secondary N) is 2. The van der Waals surface area contributed by atoms with Crippen molar-refractivity contribution in [2.24, 2.45) is 0 Å². The van der Waals surface area contributed by atoms with Crippen LogP contribution in [0.15, 0.2) is 66.9 Å². The van der Waals surface area contributed by atoms with Gasteiger partial charge in [-0.15, -0.1) is 12.4 Å². The number of carbonyl (C=O) groups excluding carboxylic acids is 1. The average Bonchev–Trinajstić information content (AvgIpc) is 2.71. The number of nitrogens with zero attached hydrogens (tertiary/aromatic N) is 2. The molecule has 2 aromatic carbocycles. The molecule has 2 N–H and O–H groups in total. The van der Waals surface area contributed by atoms with E-state index in [1.807, 2.05) is 36.4 Å². The van der Waals surface area contributed by atoms with Crippen molar-refractivity contribution in [1.29, 1.82) is 0 Å². The number of fused-ring (bicyclic) bond motifs is 1. The zero-order chi connectivity index (χ0) is 18.5. The zero-order valence-electron chi connectivity index (χ0n) is 15.7. The predicted octanol–water partition coefficient (Wildman–Crippen LogP) is 4.44. The number of amides is 2. The SMILES string of the molecule is Cl.O=C(Nc1ccnc2ccccc12)NC1CCN(Cc2ccccc2)CC1. The lowest BCUT2D eigenvalue weighted by Crippen LogP contribution is -2.45. The smallest absolute Gasteiger partial charge is 0.319 e. The van der Waals surface area contributed by atoms with E-state index in [1.54, 1.807) is 6.20 Å². The number of likely N-dealkylation sites (tertiary alicyclic amines) is 1. The average molecular weight is 397 g/mol. The highest BCUT2D eigenvalue weighted by Crippen LogP contribution is 2.21. The lowest BCUT2D eigenvalue weighted by Gasteiger charge is -2.32. The summed E-state index contributed by atoms with van der Waals surface area (Å²) >= 11 is 0. The molecule has 1 saturated heterocycles. The maximum absolute atomic E-state index is 12.4. The number of hydrogen-bond donors (Lipinski definition) is 2. The second-order valence-corrected chi connectivity index (χ2v) is 7.01. The van der Waals surface area contributed by atoms with E-state index in [0.717, 1.165) is 49.1 Å². The maximum Gasteiger partial charge on any atom is 0.319 e. The Labute approximate surface area is 171 Å². The second-order valence-electron chi connectivity index (χ2n) is 7.01. The number of hydrogen-bond acceptors (Lipinski definition) is 3. The molecule has 0 atom stereocenters. The van der Waals surface area contributed by atoms with Crippen molar-refractivity contribution in [3.05, 3.63) is 72.4 Å².